The highest BCUT2D eigenvalue weighted by Gasteiger charge is 2.60. The van der Waals surface area contributed by atoms with Crippen LogP contribution in [-0.2, 0) is 16.0 Å². The first-order valence-corrected chi connectivity index (χ1v) is 8.63. The second-order valence-corrected chi connectivity index (χ2v) is 6.66. The lowest BCUT2D eigenvalue weighted by Crippen LogP contribution is -2.51. The Bertz CT molecular complexity index is 800. The molecule has 27 heavy (non-hydrogen) atoms. The maximum absolute atomic E-state index is 13.6. The van der Waals surface area contributed by atoms with Crippen molar-refractivity contribution in [3.63, 3.8) is 0 Å². The zero-order chi connectivity index (χ0) is 19.5. The number of nitrogens with one attached hydrogen (secondary N) is 1. The third-order valence-corrected chi connectivity index (χ3v) is 4.88. The van der Waals surface area contributed by atoms with Crippen LogP contribution in [0.25, 0.3) is 0 Å². The van der Waals surface area contributed by atoms with Crippen molar-refractivity contribution in [3.8, 4) is 5.75 Å². The molecule has 1 saturated heterocycles. The average Bonchev–Trinajstić information content (AvgIpc) is 2.65. The molecule has 1 amide bonds. The average molecular weight is 379 g/mol. The minimum Gasteiger partial charge on any atom is -0.506 e. The standard InChI is InChI=1S/C20H20F3NO3/c21-20(22,23)19(8-10-27-11-9-19)18(26)24-16-13-15(6-7-17(16)25)12-14-4-2-1-3-5-14/h1-7,13,25H,8-12H2,(H,24,26). The zero-order valence-electron chi connectivity index (χ0n) is 14.6. The summed E-state index contributed by atoms with van der Waals surface area (Å²) < 4.78 is 45.9. The first-order chi connectivity index (χ1) is 12.8. The first kappa shape index (κ1) is 19.2. The lowest BCUT2D eigenvalue weighted by Gasteiger charge is -2.37. The normalized spacial score (nSPS) is 16.7. The van der Waals surface area contributed by atoms with Crippen LogP contribution in [0, 0.1) is 5.41 Å². The molecule has 144 valence electrons. The Balaban J connectivity index is 1.83. The number of hydrogen-bond donors (Lipinski definition) is 2. The van der Waals surface area contributed by atoms with Crippen LogP contribution >= 0.6 is 0 Å². The van der Waals surface area contributed by atoms with Crippen LogP contribution < -0.4 is 5.32 Å². The van der Waals surface area contributed by atoms with Gasteiger partial charge in [0.25, 0.3) is 0 Å². The molecule has 1 heterocycles. The van der Waals surface area contributed by atoms with Gasteiger partial charge in [-0.2, -0.15) is 13.2 Å². The van der Waals surface area contributed by atoms with Crippen LogP contribution in [0.5, 0.6) is 5.75 Å². The van der Waals surface area contributed by atoms with Gasteiger partial charge in [-0.1, -0.05) is 36.4 Å². The number of anilines is 1. The van der Waals surface area contributed by atoms with Crippen LogP contribution in [0.15, 0.2) is 48.5 Å². The molecular weight excluding hydrogens is 359 g/mol. The maximum atomic E-state index is 13.6. The number of hydrogen-bond acceptors (Lipinski definition) is 3. The highest BCUT2D eigenvalue weighted by atomic mass is 19.4. The summed E-state index contributed by atoms with van der Waals surface area (Å²) in [6.07, 6.45) is -5.04. The van der Waals surface area contributed by atoms with Gasteiger partial charge in [-0.25, -0.2) is 0 Å². The van der Waals surface area contributed by atoms with E-state index in [1.54, 1.807) is 6.07 Å². The van der Waals surface area contributed by atoms with E-state index < -0.39 is 30.3 Å². The Morgan fingerprint density at radius 3 is 2.37 bits per heavy atom. The quantitative estimate of drug-likeness (QED) is 0.780. The Labute approximate surface area is 155 Å². The number of halogens is 3. The molecule has 1 fully saturated rings. The summed E-state index contributed by atoms with van der Waals surface area (Å²) in [7, 11) is 0. The molecule has 0 unspecified atom stereocenters. The Morgan fingerprint density at radius 1 is 1.07 bits per heavy atom. The van der Waals surface area contributed by atoms with Crippen LogP contribution in [0.1, 0.15) is 24.0 Å². The van der Waals surface area contributed by atoms with Crippen molar-refractivity contribution in [1.82, 2.24) is 0 Å². The zero-order valence-corrected chi connectivity index (χ0v) is 14.6. The van der Waals surface area contributed by atoms with Crippen molar-refractivity contribution < 1.29 is 27.8 Å². The summed E-state index contributed by atoms with van der Waals surface area (Å²) in [4.78, 5) is 12.6. The van der Waals surface area contributed by atoms with E-state index in [2.05, 4.69) is 5.32 Å². The predicted octanol–water partition coefficient (Wildman–Crippen LogP) is 4.28. The highest BCUT2D eigenvalue weighted by molar-refractivity contribution is 5.97. The lowest BCUT2D eigenvalue weighted by molar-refractivity contribution is -0.237. The molecule has 2 aromatic rings. The molecule has 1 aliphatic heterocycles. The molecule has 4 nitrogen and oxygen atoms in total. The van der Waals surface area contributed by atoms with Crippen molar-refractivity contribution in [2.75, 3.05) is 18.5 Å². The van der Waals surface area contributed by atoms with E-state index >= 15 is 0 Å². The number of carbonyl (C=O) groups excluding carboxylic acids is 1. The minimum atomic E-state index is -4.70. The molecule has 7 heteroatoms. The van der Waals surface area contributed by atoms with E-state index in [0.29, 0.717) is 6.42 Å². The largest absolute Gasteiger partial charge is 0.506 e. The summed E-state index contributed by atoms with van der Waals surface area (Å²) in [5, 5.41) is 12.3. The number of carbonyl (C=O) groups is 1. The lowest BCUT2D eigenvalue weighted by atomic mass is 9.78. The van der Waals surface area contributed by atoms with E-state index in [4.69, 9.17) is 4.74 Å². The molecular formula is C20H20F3NO3. The number of alkyl halides is 3. The van der Waals surface area contributed by atoms with Gasteiger partial charge in [-0.15, -0.1) is 0 Å². The van der Waals surface area contributed by atoms with Gasteiger partial charge in [0, 0.05) is 13.2 Å². The van der Waals surface area contributed by atoms with Gasteiger partial charge in [-0.3, -0.25) is 4.79 Å². The fourth-order valence-electron chi connectivity index (χ4n) is 3.23. The van der Waals surface area contributed by atoms with E-state index in [1.165, 1.54) is 12.1 Å². The number of amides is 1. The van der Waals surface area contributed by atoms with Gasteiger partial charge >= 0.3 is 6.18 Å². The van der Waals surface area contributed by atoms with E-state index in [1.807, 2.05) is 30.3 Å². The second-order valence-electron chi connectivity index (χ2n) is 6.66. The number of benzene rings is 2. The molecule has 0 aromatic heterocycles. The number of phenols is 1. The summed E-state index contributed by atoms with van der Waals surface area (Å²) in [5.74, 6) is -1.44. The highest BCUT2D eigenvalue weighted by Crippen LogP contribution is 2.47. The van der Waals surface area contributed by atoms with Crippen LogP contribution in [-0.4, -0.2) is 30.4 Å². The van der Waals surface area contributed by atoms with Gasteiger partial charge in [0.1, 0.15) is 11.2 Å². The molecule has 0 radical (unpaired) electrons. The fourth-order valence-corrected chi connectivity index (χ4v) is 3.23. The van der Waals surface area contributed by atoms with Gasteiger partial charge < -0.3 is 15.2 Å². The van der Waals surface area contributed by atoms with Crippen molar-refractivity contribution in [3.05, 3.63) is 59.7 Å². The first-order valence-electron chi connectivity index (χ1n) is 8.63. The second kappa shape index (κ2) is 7.60. The number of ether oxygens (including phenoxy) is 1. The van der Waals surface area contributed by atoms with Crippen molar-refractivity contribution in [2.45, 2.75) is 25.4 Å². The van der Waals surface area contributed by atoms with Crippen LogP contribution in [0.3, 0.4) is 0 Å². The molecule has 0 bridgehead atoms. The predicted molar refractivity (Wildman–Crippen MR) is 94.5 cm³/mol. The molecule has 0 spiro atoms. The topological polar surface area (TPSA) is 58.6 Å². The molecule has 2 aromatic carbocycles. The summed E-state index contributed by atoms with van der Waals surface area (Å²) in [6, 6.07) is 14.1. The van der Waals surface area contributed by atoms with Crippen molar-refractivity contribution >= 4 is 11.6 Å². The Hall–Kier alpha value is -2.54. The molecule has 0 atom stereocenters. The molecule has 0 saturated carbocycles. The third-order valence-electron chi connectivity index (χ3n) is 4.88. The maximum Gasteiger partial charge on any atom is 0.403 e. The smallest absolute Gasteiger partial charge is 0.403 e. The van der Waals surface area contributed by atoms with E-state index in [-0.39, 0.29) is 24.7 Å². The third kappa shape index (κ3) is 4.08. The summed E-state index contributed by atoms with van der Waals surface area (Å²) in [6.45, 7) is -0.264. The van der Waals surface area contributed by atoms with Gasteiger partial charge in [0.2, 0.25) is 5.91 Å². The SMILES string of the molecule is O=C(Nc1cc(Cc2ccccc2)ccc1O)C1(C(F)(F)F)CCOCC1. The number of phenolic OH excluding ortho intramolecular Hbond substituents is 1. The monoisotopic (exact) mass is 379 g/mol. The van der Waals surface area contributed by atoms with E-state index in [0.717, 1.165) is 11.1 Å². The Morgan fingerprint density at radius 2 is 1.74 bits per heavy atom. The van der Waals surface area contributed by atoms with Gasteiger partial charge in [-0.05, 0) is 42.5 Å². The molecule has 1 aliphatic rings. The summed E-state index contributed by atoms with van der Waals surface area (Å²) >= 11 is 0. The number of rotatable bonds is 4. The molecule has 3 rings (SSSR count). The molecule has 2 N–H and O–H groups in total. The van der Waals surface area contributed by atoms with Crippen LogP contribution in [0.2, 0.25) is 0 Å². The van der Waals surface area contributed by atoms with Crippen LogP contribution in [0.4, 0.5) is 18.9 Å². The Kier molecular flexibility index (Phi) is 5.41. The van der Waals surface area contributed by atoms with E-state index in [9.17, 15) is 23.1 Å². The van der Waals surface area contributed by atoms with Gasteiger partial charge in [0.05, 0.1) is 5.69 Å². The summed E-state index contributed by atoms with van der Waals surface area (Å²) in [5.41, 5.74) is -0.754. The molecule has 0 aliphatic carbocycles. The van der Waals surface area contributed by atoms with Gasteiger partial charge in [0.15, 0.2) is 0 Å². The fraction of sp³-hybridized carbons (Fsp3) is 0.350. The number of aromatic hydroxyl groups is 1. The van der Waals surface area contributed by atoms with Crippen molar-refractivity contribution in [1.29, 1.82) is 0 Å². The van der Waals surface area contributed by atoms with Crippen molar-refractivity contribution in [2.24, 2.45) is 5.41 Å². The minimum absolute atomic E-state index is 0.0245.